The summed E-state index contributed by atoms with van der Waals surface area (Å²) in [5.41, 5.74) is 4.38. The van der Waals surface area contributed by atoms with Crippen LogP contribution in [0, 0.1) is 0 Å². The molecule has 0 fully saturated rings. The van der Waals surface area contributed by atoms with Crippen LogP contribution in [0.3, 0.4) is 0 Å². The molecule has 1 aromatic heterocycles. The van der Waals surface area contributed by atoms with Crippen LogP contribution < -0.4 is 10.1 Å². The minimum absolute atomic E-state index is 0.0153. The van der Waals surface area contributed by atoms with E-state index in [0.717, 1.165) is 67.7 Å². The Morgan fingerprint density at radius 2 is 1.69 bits per heavy atom. The number of hydrogen-bond donors (Lipinski definition) is 1. The van der Waals surface area contributed by atoms with Gasteiger partial charge in [0.05, 0.1) is 24.1 Å². The standard InChI is InChI=1S/C33H40ClN3O2/c1-25(2)27-15-6-10-19-31(27)39-23-13-12-22-37-30-18-9-8-17-29(30)36-32(37)20-4-3-11-21-35-33(38)24-26-14-5-7-16-28(26)34/h5-10,14-19,25H,3-4,11-13,20-24H2,1-2H3,(H,35,38). The molecule has 0 atom stereocenters. The Labute approximate surface area is 237 Å². The van der Waals surface area contributed by atoms with E-state index in [9.17, 15) is 4.79 Å². The molecule has 0 radical (unpaired) electrons. The van der Waals surface area contributed by atoms with Crippen molar-refractivity contribution in [2.75, 3.05) is 13.2 Å². The Morgan fingerprint density at radius 1 is 0.923 bits per heavy atom. The summed E-state index contributed by atoms with van der Waals surface area (Å²) >= 11 is 6.17. The van der Waals surface area contributed by atoms with Crippen molar-refractivity contribution in [2.45, 2.75) is 71.3 Å². The quantitative estimate of drug-likeness (QED) is 0.155. The molecule has 39 heavy (non-hydrogen) atoms. The first kappa shape index (κ1) is 28.7. The lowest BCUT2D eigenvalue weighted by Crippen LogP contribution is -2.26. The minimum Gasteiger partial charge on any atom is -0.493 e. The van der Waals surface area contributed by atoms with Gasteiger partial charge < -0.3 is 14.6 Å². The minimum atomic E-state index is 0.0153. The largest absolute Gasteiger partial charge is 0.493 e. The monoisotopic (exact) mass is 545 g/mol. The number of nitrogens with one attached hydrogen (secondary N) is 1. The van der Waals surface area contributed by atoms with E-state index in [1.807, 2.05) is 30.3 Å². The molecule has 0 saturated heterocycles. The zero-order chi connectivity index (χ0) is 27.5. The Morgan fingerprint density at radius 3 is 2.54 bits per heavy atom. The number of benzene rings is 3. The number of carbonyl (C=O) groups is 1. The number of rotatable bonds is 15. The summed E-state index contributed by atoms with van der Waals surface area (Å²) in [6.07, 6.45) is 6.31. The van der Waals surface area contributed by atoms with Crippen LogP contribution in [0.4, 0.5) is 0 Å². The Balaban J connectivity index is 1.21. The average molecular weight is 546 g/mol. The molecule has 0 spiro atoms. The third-order valence-corrected chi connectivity index (χ3v) is 7.39. The van der Waals surface area contributed by atoms with Crippen molar-refractivity contribution >= 4 is 28.5 Å². The highest BCUT2D eigenvalue weighted by atomic mass is 35.5. The molecule has 1 amide bonds. The number of aromatic nitrogens is 2. The van der Waals surface area contributed by atoms with E-state index >= 15 is 0 Å². The van der Waals surface area contributed by atoms with Gasteiger partial charge in [-0.2, -0.15) is 0 Å². The maximum absolute atomic E-state index is 12.2. The summed E-state index contributed by atoms with van der Waals surface area (Å²) in [5, 5.41) is 3.66. The highest BCUT2D eigenvalue weighted by molar-refractivity contribution is 6.31. The summed E-state index contributed by atoms with van der Waals surface area (Å²) < 4.78 is 8.51. The van der Waals surface area contributed by atoms with Crippen molar-refractivity contribution in [3.63, 3.8) is 0 Å². The SMILES string of the molecule is CC(C)c1ccccc1OCCCCn1c(CCCCCNC(=O)Cc2ccccc2Cl)nc2ccccc21. The summed E-state index contributed by atoms with van der Waals surface area (Å²) in [4.78, 5) is 17.2. The molecule has 1 N–H and O–H groups in total. The number of carbonyl (C=O) groups excluding carboxylic acids is 1. The Hall–Kier alpha value is -3.31. The van der Waals surface area contributed by atoms with E-state index in [1.165, 1.54) is 11.1 Å². The molecular weight excluding hydrogens is 506 g/mol. The van der Waals surface area contributed by atoms with Gasteiger partial charge in [0.25, 0.3) is 0 Å². The van der Waals surface area contributed by atoms with Crippen molar-refractivity contribution in [2.24, 2.45) is 0 Å². The number of para-hydroxylation sites is 3. The van der Waals surface area contributed by atoms with Crippen molar-refractivity contribution in [1.82, 2.24) is 14.9 Å². The zero-order valence-electron chi connectivity index (χ0n) is 23.2. The van der Waals surface area contributed by atoms with Gasteiger partial charge in [-0.3, -0.25) is 4.79 Å². The fourth-order valence-electron chi connectivity index (χ4n) is 4.90. The average Bonchev–Trinajstić information content (AvgIpc) is 3.29. The summed E-state index contributed by atoms with van der Waals surface area (Å²) in [5.74, 6) is 2.61. The normalized spacial score (nSPS) is 11.3. The van der Waals surface area contributed by atoms with Crippen LogP contribution in [-0.4, -0.2) is 28.6 Å². The molecule has 4 aromatic rings. The number of nitrogens with zero attached hydrogens (tertiary/aromatic N) is 2. The molecule has 0 bridgehead atoms. The molecule has 0 unspecified atom stereocenters. The van der Waals surface area contributed by atoms with Gasteiger partial charge in [0.2, 0.25) is 5.91 Å². The fraction of sp³-hybridized carbons (Fsp3) is 0.394. The van der Waals surface area contributed by atoms with E-state index in [1.54, 1.807) is 0 Å². The molecule has 206 valence electrons. The second-order valence-electron chi connectivity index (χ2n) is 10.3. The second kappa shape index (κ2) is 14.7. The molecule has 0 aliphatic carbocycles. The summed E-state index contributed by atoms with van der Waals surface area (Å²) in [7, 11) is 0. The van der Waals surface area contributed by atoms with Gasteiger partial charge in [0, 0.05) is 24.5 Å². The van der Waals surface area contributed by atoms with Crippen molar-refractivity contribution in [3.8, 4) is 5.75 Å². The number of amides is 1. The molecule has 4 rings (SSSR count). The number of fused-ring (bicyclic) bond motifs is 1. The van der Waals surface area contributed by atoms with Crippen LogP contribution >= 0.6 is 11.6 Å². The van der Waals surface area contributed by atoms with E-state index in [2.05, 4.69) is 66.2 Å². The molecule has 3 aromatic carbocycles. The van der Waals surface area contributed by atoms with Crippen molar-refractivity contribution in [1.29, 1.82) is 0 Å². The molecule has 1 heterocycles. The highest BCUT2D eigenvalue weighted by Gasteiger charge is 2.11. The van der Waals surface area contributed by atoms with Crippen LogP contribution in [0.25, 0.3) is 11.0 Å². The second-order valence-corrected chi connectivity index (χ2v) is 10.8. The third kappa shape index (κ3) is 8.34. The van der Waals surface area contributed by atoms with Crippen LogP contribution in [0.5, 0.6) is 5.75 Å². The van der Waals surface area contributed by atoms with Crippen LogP contribution in [0.2, 0.25) is 5.02 Å². The number of halogens is 1. The Kier molecular flexibility index (Phi) is 10.8. The first-order valence-corrected chi connectivity index (χ1v) is 14.6. The smallest absolute Gasteiger partial charge is 0.224 e. The molecule has 0 saturated carbocycles. The van der Waals surface area contributed by atoms with Gasteiger partial charge in [0.15, 0.2) is 0 Å². The van der Waals surface area contributed by atoms with Crippen molar-refractivity contribution in [3.05, 3.63) is 94.8 Å². The van der Waals surface area contributed by atoms with Crippen molar-refractivity contribution < 1.29 is 9.53 Å². The van der Waals surface area contributed by atoms with E-state index < -0.39 is 0 Å². The lowest BCUT2D eigenvalue weighted by molar-refractivity contribution is -0.120. The van der Waals surface area contributed by atoms with E-state index in [0.29, 0.717) is 30.5 Å². The molecule has 0 aliphatic heterocycles. The maximum atomic E-state index is 12.2. The van der Waals surface area contributed by atoms with Gasteiger partial charge in [-0.25, -0.2) is 4.98 Å². The lowest BCUT2D eigenvalue weighted by atomic mass is 10.0. The summed E-state index contributed by atoms with van der Waals surface area (Å²) in [6, 6.07) is 24.2. The first-order valence-electron chi connectivity index (χ1n) is 14.2. The molecule has 6 heteroatoms. The number of hydrogen-bond acceptors (Lipinski definition) is 3. The van der Waals surface area contributed by atoms with Gasteiger partial charge >= 0.3 is 0 Å². The number of ether oxygens (including phenoxy) is 1. The summed E-state index contributed by atoms with van der Waals surface area (Å²) in [6.45, 7) is 6.73. The first-order chi connectivity index (χ1) is 19.0. The lowest BCUT2D eigenvalue weighted by Gasteiger charge is -2.14. The molecular formula is C33H40ClN3O2. The predicted molar refractivity (Wildman–Crippen MR) is 161 cm³/mol. The third-order valence-electron chi connectivity index (χ3n) is 7.02. The van der Waals surface area contributed by atoms with Crippen LogP contribution in [0.15, 0.2) is 72.8 Å². The highest BCUT2D eigenvalue weighted by Crippen LogP contribution is 2.26. The zero-order valence-corrected chi connectivity index (χ0v) is 23.9. The van der Waals surface area contributed by atoms with Crippen LogP contribution in [-0.2, 0) is 24.2 Å². The number of imidazole rings is 1. The fourth-order valence-corrected chi connectivity index (χ4v) is 5.10. The maximum Gasteiger partial charge on any atom is 0.224 e. The number of unbranched alkanes of at least 4 members (excludes halogenated alkanes) is 3. The Bertz CT molecular complexity index is 1350. The van der Waals surface area contributed by atoms with E-state index in [-0.39, 0.29) is 5.91 Å². The predicted octanol–water partition coefficient (Wildman–Crippen LogP) is 7.74. The molecule has 5 nitrogen and oxygen atoms in total. The number of aryl methyl sites for hydroxylation is 2. The molecule has 0 aliphatic rings. The van der Waals surface area contributed by atoms with Gasteiger partial charge in [-0.05, 0) is 67.0 Å². The van der Waals surface area contributed by atoms with Gasteiger partial charge in [-0.15, -0.1) is 0 Å². The topological polar surface area (TPSA) is 56.1 Å². The van der Waals surface area contributed by atoms with Gasteiger partial charge in [0.1, 0.15) is 11.6 Å². The van der Waals surface area contributed by atoms with Gasteiger partial charge in [-0.1, -0.05) is 80.4 Å². The van der Waals surface area contributed by atoms with E-state index in [4.69, 9.17) is 21.3 Å². The van der Waals surface area contributed by atoms with Crippen LogP contribution in [0.1, 0.15) is 68.8 Å².